The molecule has 1 aliphatic heterocycles. The molecule has 0 bridgehead atoms. The van der Waals surface area contributed by atoms with Crippen LogP contribution in [0.25, 0.3) is 10.2 Å². The minimum absolute atomic E-state index is 0.113. The lowest BCUT2D eigenvalue weighted by Crippen LogP contribution is -2.49. The SMILES string of the molecule is CCc1cc2c(N3CCN(C(=O)CC(F)(F)F)CC3)nc(O[C@H](CO)C(N)=O)nc2s1. The van der Waals surface area contributed by atoms with E-state index in [1.807, 2.05) is 17.9 Å². The van der Waals surface area contributed by atoms with Gasteiger partial charge in [-0.3, -0.25) is 9.59 Å². The lowest BCUT2D eigenvalue weighted by Gasteiger charge is -2.35. The number of rotatable bonds is 7. The summed E-state index contributed by atoms with van der Waals surface area (Å²) in [6, 6.07) is 1.79. The maximum absolute atomic E-state index is 12.5. The molecule has 0 aliphatic carbocycles. The number of aryl methyl sites for hydroxylation is 1. The molecule has 3 heterocycles. The summed E-state index contributed by atoms with van der Waals surface area (Å²) in [5.74, 6) is -1.34. The van der Waals surface area contributed by atoms with E-state index >= 15 is 0 Å². The Morgan fingerprint density at radius 3 is 2.52 bits per heavy atom. The van der Waals surface area contributed by atoms with Crippen molar-refractivity contribution in [2.24, 2.45) is 5.73 Å². The second-order valence-electron chi connectivity index (χ2n) is 6.97. The first-order valence-electron chi connectivity index (χ1n) is 9.58. The predicted molar refractivity (Wildman–Crippen MR) is 107 cm³/mol. The molecule has 9 nitrogen and oxygen atoms in total. The predicted octanol–water partition coefficient (Wildman–Crippen LogP) is 1.08. The molecule has 0 unspecified atom stereocenters. The van der Waals surface area contributed by atoms with Crippen molar-refractivity contribution in [2.45, 2.75) is 32.0 Å². The van der Waals surface area contributed by atoms with E-state index < -0.39 is 37.1 Å². The van der Waals surface area contributed by atoms with Gasteiger partial charge in [0.25, 0.3) is 5.91 Å². The van der Waals surface area contributed by atoms with Crippen LogP contribution in [0.5, 0.6) is 6.01 Å². The molecule has 13 heteroatoms. The zero-order chi connectivity index (χ0) is 22.8. The number of ether oxygens (including phenoxy) is 1. The van der Waals surface area contributed by atoms with Crippen LogP contribution in [0.4, 0.5) is 19.0 Å². The van der Waals surface area contributed by atoms with E-state index in [0.717, 1.165) is 16.7 Å². The first-order chi connectivity index (χ1) is 14.6. The average molecular weight is 461 g/mol. The van der Waals surface area contributed by atoms with Gasteiger partial charge in [-0.25, -0.2) is 0 Å². The summed E-state index contributed by atoms with van der Waals surface area (Å²) < 4.78 is 42.9. The molecule has 31 heavy (non-hydrogen) atoms. The Morgan fingerprint density at radius 1 is 1.29 bits per heavy atom. The van der Waals surface area contributed by atoms with Crippen molar-refractivity contribution in [2.75, 3.05) is 37.7 Å². The molecular weight excluding hydrogens is 439 g/mol. The lowest BCUT2D eigenvalue weighted by atomic mass is 10.2. The molecule has 0 aromatic carbocycles. The van der Waals surface area contributed by atoms with E-state index in [1.54, 1.807) is 0 Å². The van der Waals surface area contributed by atoms with Gasteiger partial charge in [-0.2, -0.15) is 23.1 Å². The first-order valence-corrected chi connectivity index (χ1v) is 10.4. The zero-order valence-corrected chi connectivity index (χ0v) is 17.5. The van der Waals surface area contributed by atoms with Crippen LogP contribution >= 0.6 is 11.3 Å². The van der Waals surface area contributed by atoms with Crippen LogP contribution in [0.1, 0.15) is 18.2 Å². The van der Waals surface area contributed by atoms with Crippen LogP contribution in [0.2, 0.25) is 0 Å². The quantitative estimate of drug-likeness (QED) is 0.633. The molecule has 1 aliphatic rings. The molecule has 0 saturated carbocycles. The number of aliphatic hydroxyl groups is 1. The Balaban J connectivity index is 1.84. The number of nitrogens with two attached hydrogens (primary N) is 1. The molecule has 170 valence electrons. The van der Waals surface area contributed by atoms with Gasteiger partial charge in [0.05, 0.1) is 12.0 Å². The maximum atomic E-state index is 12.5. The highest BCUT2D eigenvalue weighted by Gasteiger charge is 2.35. The van der Waals surface area contributed by atoms with Gasteiger partial charge in [-0.15, -0.1) is 11.3 Å². The van der Waals surface area contributed by atoms with E-state index in [4.69, 9.17) is 10.5 Å². The number of thiophene rings is 1. The number of piperazine rings is 1. The van der Waals surface area contributed by atoms with Gasteiger partial charge in [0.1, 0.15) is 17.1 Å². The van der Waals surface area contributed by atoms with Crippen LogP contribution in [0.15, 0.2) is 6.07 Å². The number of hydrogen-bond donors (Lipinski definition) is 2. The molecule has 0 spiro atoms. The van der Waals surface area contributed by atoms with Gasteiger partial charge in [0.15, 0.2) is 0 Å². The van der Waals surface area contributed by atoms with Crippen molar-refractivity contribution in [1.82, 2.24) is 14.9 Å². The first kappa shape index (κ1) is 23.0. The van der Waals surface area contributed by atoms with Crippen molar-refractivity contribution in [3.63, 3.8) is 0 Å². The Morgan fingerprint density at radius 2 is 1.97 bits per heavy atom. The summed E-state index contributed by atoms with van der Waals surface area (Å²) in [6.45, 7) is 2.10. The molecule has 0 radical (unpaired) electrons. The average Bonchev–Trinajstić information content (AvgIpc) is 3.13. The Kier molecular flexibility index (Phi) is 6.84. The van der Waals surface area contributed by atoms with Crippen molar-refractivity contribution < 1.29 is 32.6 Å². The minimum atomic E-state index is -4.55. The van der Waals surface area contributed by atoms with Crippen LogP contribution in [-0.4, -0.2) is 76.9 Å². The molecular formula is C18H22F3N5O4S. The molecule has 2 amide bonds. The number of carbonyl (C=O) groups is 2. The van der Waals surface area contributed by atoms with Gasteiger partial charge >= 0.3 is 12.2 Å². The lowest BCUT2D eigenvalue weighted by molar-refractivity contribution is -0.161. The van der Waals surface area contributed by atoms with E-state index in [-0.39, 0.29) is 32.2 Å². The summed E-state index contributed by atoms with van der Waals surface area (Å²) in [6.07, 6.45) is -6.58. The Bertz CT molecular complexity index is 960. The van der Waals surface area contributed by atoms with Crippen molar-refractivity contribution in [3.8, 4) is 6.01 Å². The molecule has 3 rings (SSSR count). The number of aromatic nitrogens is 2. The second kappa shape index (κ2) is 9.22. The number of hydrogen-bond acceptors (Lipinski definition) is 8. The van der Waals surface area contributed by atoms with Crippen molar-refractivity contribution in [1.29, 1.82) is 0 Å². The highest BCUT2D eigenvalue weighted by molar-refractivity contribution is 7.18. The molecule has 2 aromatic rings. The third-order valence-corrected chi connectivity index (χ3v) is 5.94. The summed E-state index contributed by atoms with van der Waals surface area (Å²) in [5, 5.41) is 10.0. The van der Waals surface area contributed by atoms with Gasteiger partial charge in [0, 0.05) is 31.1 Å². The Hall–Kier alpha value is -2.67. The maximum Gasteiger partial charge on any atom is 0.397 e. The molecule has 1 fully saturated rings. The van der Waals surface area contributed by atoms with Gasteiger partial charge < -0.3 is 25.4 Å². The van der Waals surface area contributed by atoms with Gasteiger partial charge in [-0.05, 0) is 12.5 Å². The molecule has 2 aromatic heterocycles. The van der Waals surface area contributed by atoms with Crippen LogP contribution < -0.4 is 15.4 Å². The number of nitrogens with zero attached hydrogens (tertiary/aromatic N) is 4. The van der Waals surface area contributed by atoms with Crippen molar-refractivity contribution in [3.05, 3.63) is 10.9 Å². The van der Waals surface area contributed by atoms with Crippen LogP contribution in [-0.2, 0) is 16.0 Å². The molecule has 1 atom stereocenters. The topological polar surface area (TPSA) is 122 Å². The fourth-order valence-corrected chi connectivity index (χ4v) is 4.12. The third-order valence-electron chi connectivity index (χ3n) is 4.77. The fourth-order valence-electron chi connectivity index (χ4n) is 3.17. The van der Waals surface area contributed by atoms with E-state index in [2.05, 4.69) is 9.97 Å². The summed E-state index contributed by atoms with van der Waals surface area (Å²) in [4.78, 5) is 36.6. The highest BCUT2D eigenvalue weighted by atomic mass is 32.1. The number of aliphatic hydroxyl groups excluding tert-OH is 1. The second-order valence-corrected chi connectivity index (χ2v) is 8.08. The fraction of sp³-hybridized carbons (Fsp3) is 0.556. The summed E-state index contributed by atoms with van der Waals surface area (Å²) >= 11 is 1.42. The number of alkyl halides is 3. The zero-order valence-electron chi connectivity index (χ0n) is 16.7. The summed E-state index contributed by atoms with van der Waals surface area (Å²) in [5.41, 5.74) is 5.20. The highest BCUT2D eigenvalue weighted by Crippen LogP contribution is 2.33. The van der Waals surface area contributed by atoms with Crippen LogP contribution in [0.3, 0.4) is 0 Å². The monoisotopic (exact) mass is 461 g/mol. The smallest absolute Gasteiger partial charge is 0.397 e. The number of carbonyl (C=O) groups excluding carboxylic acids is 2. The largest absolute Gasteiger partial charge is 0.447 e. The number of fused-ring (bicyclic) bond motifs is 1. The summed E-state index contributed by atoms with van der Waals surface area (Å²) in [7, 11) is 0. The van der Waals surface area contributed by atoms with Gasteiger partial charge in [-0.1, -0.05) is 6.92 Å². The molecule has 3 N–H and O–H groups in total. The number of primary amides is 1. The standard InChI is InChI=1S/C18H22F3N5O4S/c1-2-10-7-11-15(23-17(24-16(11)31-10)30-12(9-27)14(22)29)26-5-3-25(4-6-26)13(28)8-18(19,20)21/h7,12,27H,2-6,8-9H2,1H3,(H2,22,29)/t12-/m1/s1. The van der Waals surface area contributed by atoms with E-state index in [9.17, 15) is 27.9 Å². The number of anilines is 1. The Labute approximate surface area is 179 Å². The molecule has 1 saturated heterocycles. The number of halogens is 3. The van der Waals surface area contributed by atoms with E-state index in [1.165, 1.54) is 16.2 Å². The van der Waals surface area contributed by atoms with Crippen molar-refractivity contribution >= 4 is 39.2 Å². The normalized spacial score (nSPS) is 15.9. The van der Waals surface area contributed by atoms with E-state index in [0.29, 0.717) is 10.6 Å². The third kappa shape index (κ3) is 5.53. The minimum Gasteiger partial charge on any atom is -0.447 e. The number of amides is 2. The van der Waals surface area contributed by atoms with Crippen LogP contribution in [0, 0.1) is 0 Å². The van der Waals surface area contributed by atoms with Gasteiger partial charge in [0.2, 0.25) is 12.0 Å².